The zero-order valence-electron chi connectivity index (χ0n) is 15.5. The topological polar surface area (TPSA) is 61.7 Å². The monoisotopic (exact) mass is 365 g/mol. The number of aromatic nitrogens is 2. The average Bonchev–Trinajstić information content (AvgIpc) is 3.16. The van der Waals surface area contributed by atoms with Gasteiger partial charge in [0.05, 0.1) is 16.6 Å². The molecule has 0 saturated heterocycles. The minimum atomic E-state index is 0.490. The molecule has 0 amide bonds. The smallest absolute Gasteiger partial charge is 0.149 e. The fourth-order valence-corrected chi connectivity index (χ4v) is 2.91. The fraction of sp³-hybridized carbons (Fsp3) is 0.0833. The maximum Gasteiger partial charge on any atom is 0.149 e. The van der Waals surface area contributed by atoms with E-state index in [-0.39, 0.29) is 0 Å². The summed E-state index contributed by atoms with van der Waals surface area (Å²) < 4.78 is 5.84. The summed E-state index contributed by atoms with van der Waals surface area (Å²) in [4.78, 5) is 7.69. The number of nitriles is 1. The van der Waals surface area contributed by atoms with E-state index in [1.54, 1.807) is 0 Å². The predicted molar refractivity (Wildman–Crippen MR) is 112 cm³/mol. The van der Waals surface area contributed by atoms with Crippen molar-refractivity contribution in [2.45, 2.75) is 13.5 Å². The number of benzene rings is 3. The molecular weight excluding hydrogens is 346 g/mol. The van der Waals surface area contributed by atoms with E-state index >= 15 is 0 Å². The van der Waals surface area contributed by atoms with E-state index in [0.29, 0.717) is 18.0 Å². The van der Waals surface area contributed by atoms with Crippen LogP contribution in [-0.2, 0) is 6.61 Å². The van der Waals surface area contributed by atoms with E-state index in [2.05, 4.69) is 47.2 Å². The van der Waals surface area contributed by atoms with E-state index in [1.807, 2.05) is 54.6 Å². The van der Waals surface area contributed by atoms with Gasteiger partial charge in [0, 0.05) is 0 Å². The molecule has 4 rings (SSSR count). The van der Waals surface area contributed by atoms with Crippen LogP contribution in [0.4, 0.5) is 0 Å². The molecular formula is C24H19N3O. The molecule has 0 saturated carbocycles. The number of hydrogen-bond acceptors (Lipinski definition) is 3. The maximum absolute atomic E-state index is 9.55. The number of H-pyrrole nitrogens is 1. The van der Waals surface area contributed by atoms with Gasteiger partial charge in [0.25, 0.3) is 0 Å². The third-order valence-corrected chi connectivity index (χ3v) is 4.48. The number of para-hydroxylation sites is 2. The Morgan fingerprint density at radius 1 is 1.04 bits per heavy atom. The van der Waals surface area contributed by atoms with Gasteiger partial charge in [-0.15, -0.1) is 0 Å². The van der Waals surface area contributed by atoms with Crippen LogP contribution in [-0.4, -0.2) is 9.97 Å². The van der Waals surface area contributed by atoms with Crippen molar-refractivity contribution in [1.29, 1.82) is 5.26 Å². The molecule has 0 radical (unpaired) electrons. The van der Waals surface area contributed by atoms with Gasteiger partial charge in [-0.3, -0.25) is 0 Å². The molecule has 4 heteroatoms. The lowest BCUT2D eigenvalue weighted by molar-refractivity contribution is 0.306. The van der Waals surface area contributed by atoms with Crippen molar-refractivity contribution in [3.8, 4) is 11.8 Å². The number of aryl methyl sites for hydroxylation is 1. The number of allylic oxidation sites excluding steroid dienone is 1. The minimum absolute atomic E-state index is 0.490. The van der Waals surface area contributed by atoms with Crippen LogP contribution in [0.3, 0.4) is 0 Å². The van der Waals surface area contributed by atoms with Gasteiger partial charge in [-0.05, 0) is 48.4 Å². The molecule has 136 valence electrons. The molecule has 1 N–H and O–H groups in total. The molecule has 3 aromatic carbocycles. The molecule has 1 heterocycles. The van der Waals surface area contributed by atoms with Crippen LogP contribution in [0, 0.1) is 18.3 Å². The van der Waals surface area contributed by atoms with Crippen molar-refractivity contribution in [3.63, 3.8) is 0 Å². The highest BCUT2D eigenvalue weighted by Gasteiger charge is 2.07. The summed E-state index contributed by atoms with van der Waals surface area (Å²) in [6.07, 6.45) is 1.82. The van der Waals surface area contributed by atoms with Gasteiger partial charge in [-0.1, -0.05) is 54.1 Å². The number of aromatic amines is 1. The Hall–Kier alpha value is -3.84. The number of nitrogens with one attached hydrogen (secondary N) is 1. The van der Waals surface area contributed by atoms with Crippen molar-refractivity contribution >= 4 is 22.7 Å². The van der Waals surface area contributed by atoms with Crippen LogP contribution in [0.15, 0.2) is 72.8 Å². The van der Waals surface area contributed by atoms with Gasteiger partial charge in [-0.25, -0.2) is 4.98 Å². The normalized spacial score (nSPS) is 11.4. The van der Waals surface area contributed by atoms with Crippen molar-refractivity contribution in [2.75, 3.05) is 0 Å². The molecule has 4 aromatic rings. The van der Waals surface area contributed by atoms with E-state index in [1.165, 1.54) is 5.56 Å². The van der Waals surface area contributed by atoms with Gasteiger partial charge in [0.15, 0.2) is 0 Å². The summed E-state index contributed by atoms with van der Waals surface area (Å²) in [5, 5.41) is 9.55. The zero-order valence-corrected chi connectivity index (χ0v) is 15.5. The number of ether oxygens (including phenoxy) is 1. The van der Waals surface area contributed by atoms with Gasteiger partial charge in [0.1, 0.15) is 24.3 Å². The van der Waals surface area contributed by atoms with E-state index in [0.717, 1.165) is 27.9 Å². The van der Waals surface area contributed by atoms with E-state index < -0.39 is 0 Å². The molecule has 4 nitrogen and oxygen atoms in total. The first-order valence-corrected chi connectivity index (χ1v) is 9.06. The molecule has 0 aliphatic rings. The molecule has 0 aliphatic heterocycles. The van der Waals surface area contributed by atoms with Gasteiger partial charge < -0.3 is 9.72 Å². The predicted octanol–water partition coefficient (Wildman–Crippen LogP) is 5.51. The van der Waals surface area contributed by atoms with E-state index in [4.69, 9.17) is 4.74 Å². The molecule has 0 unspecified atom stereocenters. The number of hydrogen-bond donors (Lipinski definition) is 1. The Balaban J connectivity index is 1.49. The summed E-state index contributed by atoms with van der Waals surface area (Å²) >= 11 is 0. The molecule has 1 aromatic heterocycles. The van der Waals surface area contributed by atoms with Gasteiger partial charge >= 0.3 is 0 Å². The van der Waals surface area contributed by atoms with Crippen molar-refractivity contribution in [2.24, 2.45) is 0 Å². The van der Waals surface area contributed by atoms with Crippen LogP contribution < -0.4 is 4.74 Å². The Morgan fingerprint density at radius 3 is 2.50 bits per heavy atom. The second-order valence-corrected chi connectivity index (χ2v) is 6.62. The summed E-state index contributed by atoms with van der Waals surface area (Å²) in [5.74, 6) is 1.36. The molecule has 0 bridgehead atoms. The lowest BCUT2D eigenvalue weighted by Crippen LogP contribution is -1.95. The molecule has 0 atom stereocenters. The molecule has 0 fully saturated rings. The first-order chi connectivity index (χ1) is 13.7. The highest BCUT2D eigenvalue weighted by Crippen LogP contribution is 2.21. The summed E-state index contributed by atoms with van der Waals surface area (Å²) in [5.41, 5.74) is 5.53. The van der Waals surface area contributed by atoms with Gasteiger partial charge in [-0.2, -0.15) is 5.26 Å². The first-order valence-electron chi connectivity index (χ1n) is 9.06. The summed E-state index contributed by atoms with van der Waals surface area (Å²) in [7, 11) is 0. The van der Waals surface area contributed by atoms with Crippen LogP contribution >= 0.6 is 0 Å². The van der Waals surface area contributed by atoms with Crippen molar-refractivity contribution in [3.05, 3.63) is 95.3 Å². The second kappa shape index (κ2) is 7.81. The number of nitrogens with zero attached hydrogens (tertiary/aromatic N) is 2. The first kappa shape index (κ1) is 17.6. The third-order valence-electron chi connectivity index (χ3n) is 4.48. The molecule has 0 aliphatic carbocycles. The zero-order chi connectivity index (χ0) is 19.3. The number of fused-ring (bicyclic) bond motifs is 1. The van der Waals surface area contributed by atoms with Crippen LogP contribution in [0.2, 0.25) is 0 Å². The Bertz CT molecular complexity index is 1130. The second-order valence-electron chi connectivity index (χ2n) is 6.62. The number of rotatable bonds is 5. The maximum atomic E-state index is 9.55. The van der Waals surface area contributed by atoms with Crippen LogP contribution in [0.25, 0.3) is 22.7 Å². The van der Waals surface area contributed by atoms with Crippen molar-refractivity contribution in [1.82, 2.24) is 9.97 Å². The number of imidazole rings is 1. The Labute approximate surface area is 163 Å². The third kappa shape index (κ3) is 3.94. The van der Waals surface area contributed by atoms with Crippen molar-refractivity contribution < 1.29 is 4.74 Å². The molecule has 0 spiro atoms. The van der Waals surface area contributed by atoms with Gasteiger partial charge in [0.2, 0.25) is 0 Å². The fourth-order valence-electron chi connectivity index (χ4n) is 2.91. The quantitative estimate of drug-likeness (QED) is 0.474. The lowest BCUT2D eigenvalue weighted by atomic mass is 10.1. The largest absolute Gasteiger partial charge is 0.489 e. The Kier molecular flexibility index (Phi) is 4.90. The minimum Gasteiger partial charge on any atom is -0.489 e. The average molecular weight is 365 g/mol. The lowest BCUT2D eigenvalue weighted by Gasteiger charge is -2.07. The molecule has 28 heavy (non-hydrogen) atoms. The summed E-state index contributed by atoms with van der Waals surface area (Å²) in [6.45, 7) is 2.59. The highest BCUT2D eigenvalue weighted by molar-refractivity contribution is 5.90. The standard InChI is InChI=1S/C24H19N3O/c1-17-6-8-19(9-7-17)16-28-21-12-10-18(11-13-21)14-20(15-25)24-26-22-4-2-3-5-23(22)27-24/h2-14H,16H2,1H3,(H,26,27). The highest BCUT2D eigenvalue weighted by atomic mass is 16.5. The SMILES string of the molecule is Cc1ccc(COc2ccc(C=C(C#N)c3nc4ccccc4[nH]3)cc2)cc1. The van der Waals surface area contributed by atoms with Crippen LogP contribution in [0.1, 0.15) is 22.5 Å². The summed E-state index contributed by atoms with van der Waals surface area (Å²) in [6, 6.07) is 25.9. The Morgan fingerprint density at radius 2 is 1.79 bits per heavy atom. The van der Waals surface area contributed by atoms with E-state index in [9.17, 15) is 5.26 Å². The van der Waals surface area contributed by atoms with Crippen LogP contribution in [0.5, 0.6) is 5.75 Å².